The van der Waals surface area contributed by atoms with Gasteiger partial charge in [0.25, 0.3) is 11.6 Å². The minimum Gasteiger partial charge on any atom is -0.333 e. The van der Waals surface area contributed by atoms with Crippen LogP contribution in [-0.2, 0) is 15.1 Å². The van der Waals surface area contributed by atoms with Crippen molar-refractivity contribution in [1.82, 2.24) is 15.1 Å². The Bertz CT molecular complexity index is 1220. The molecule has 3 aromatic rings. The molecule has 0 saturated carbocycles. The predicted octanol–water partition coefficient (Wildman–Crippen LogP) is 3.61. The summed E-state index contributed by atoms with van der Waals surface area (Å²) >= 11 is 0. The number of likely N-dealkylation sites (N-methyl/N-ethyl adjacent to an activating group) is 1. The van der Waals surface area contributed by atoms with E-state index in [1.165, 1.54) is 36.1 Å². The van der Waals surface area contributed by atoms with Crippen molar-refractivity contribution in [2.24, 2.45) is 0 Å². The minimum absolute atomic E-state index is 0.129. The van der Waals surface area contributed by atoms with Crippen molar-refractivity contribution in [1.29, 1.82) is 0 Å². The molecule has 9 heteroatoms. The Morgan fingerprint density at radius 2 is 1.49 bits per heavy atom. The van der Waals surface area contributed by atoms with Gasteiger partial charge >= 0.3 is 6.03 Å². The van der Waals surface area contributed by atoms with Gasteiger partial charge in [0.15, 0.2) is 0 Å². The quantitative estimate of drug-likeness (QED) is 0.321. The molecule has 1 N–H and O–H groups in total. The molecule has 4 amide bonds. The molecule has 0 aromatic heterocycles. The first-order valence-electron chi connectivity index (χ1n) is 11.0. The number of non-ortho nitro benzene ring substituents is 1. The van der Waals surface area contributed by atoms with Crippen LogP contribution in [0.5, 0.6) is 0 Å². The van der Waals surface area contributed by atoms with Gasteiger partial charge in [-0.25, -0.2) is 4.79 Å². The van der Waals surface area contributed by atoms with Gasteiger partial charge in [0.1, 0.15) is 12.1 Å². The van der Waals surface area contributed by atoms with Gasteiger partial charge < -0.3 is 10.2 Å². The van der Waals surface area contributed by atoms with Crippen LogP contribution in [0.25, 0.3) is 0 Å². The Morgan fingerprint density at radius 3 is 1.97 bits per heavy atom. The third-order valence-corrected chi connectivity index (χ3v) is 6.24. The average Bonchev–Trinajstić information content (AvgIpc) is 3.09. The second-order valence-electron chi connectivity index (χ2n) is 8.48. The highest BCUT2D eigenvalue weighted by Crippen LogP contribution is 2.31. The first kappa shape index (κ1) is 23.6. The first-order valence-corrected chi connectivity index (χ1v) is 11.0. The van der Waals surface area contributed by atoms with Crippen LogP contribution in [0.15, 0.2) is 84.9 Å². The molecule has 3 aromatic carbocycles. The number of carbonyl (C=O) groups excluding carboxylic acids is 3. The molecule has 9 nitrogen and oxygen atoms in total. The molecule has 1 aliphatic rings. The maximum atomic E-state index is 13.3. The molecule has 178 valence electrons. The zero-order chi connectivity index (χ0) is 25.2. The van der Waals surface area contributed by atoms with E-state index in [2.05, 4.69) is 5.32 Å². The van der Waals surface area contributed by atoms with Gasteiger partial charge in [-0.1, -0.05) is 60.7 Å². The number of nitro groups is 1. The fourth-order valence-electron chi connectivity index (χ4n) is 4.25. The summed E-state index contributed by atoms with van der Waals surface area (Å²) in [5, 5.41) is 13.6. The Kier molecular flexibility index (Phi) is 6.33. The maximum absolute atomic E-state index is 13.3. The number of benzene rings is 3. The molecular formula is C26H24N4O5. The van der Waals surface area contributed by atoms with Crippen LogP contribution < -0.4 is 5.32 Å². The van der Waals surface area contributed by atoms with Gasteiger partial charge in [-0.3, -0.25) is 24.6 Å². The highest BCUT2D eigenvalue weighted by atomic mass is 16.6. The second kappa shape index (κ2) is 9.38. The monoisotopic (exact) mass is 472 g/mol. The molecule has 35 heavy (non-hydrogen) atoms. The molecule has 1 unspecified atom stereocenters. The highest BCUT2D eigenvalue weighted by Gasteiger charge is 2.50. The molecule has 1 aliphatic heterocycles. The van der Waals surface area contributed by atoms with E-state index in [-0.39, 0.29) is 5.69 Å². The van der Waals surface area contributed by atoms with Gasteiger partial charge in [-0.15, -0.1) is 0 Å². The normalized spacial score (nSPS) is 17.4. The Balaban J connectivity index is 1.57. The summed E-state index contributed by atoms with van der Waals surface area (Å²) in [5.74, 6) is -1.02. The van der Waals surface area contributed by atoms with Crippen molar-refractivity contribution in [3.8, 4) is 0 Å². The molecule has 0 spiro atoms. The second-order valence-corrected chi connectivity index (χ2v) is 8.48. The summed E-state index contributed by atoms with van der Waals surface area (Å²) in [6.45, 7) is 1.07. The smallest absolute Gasteiger partial charge is 0.325 e. The maximum Gasteiger partial charge on any atom is 0.325 e. The van der Waals surface area contributed by atoms with E-state index in [1.807, 2.05) is 60.7 Å². The lowest BCUT2D eigenvalue weighted by molar-refractivity contribution is -0.384. The fraction of sp³-hybridized carbons (Fsp3) is 0.192. The molecule has 0 aliphatic carbocycles. The van der Waals surface area contributed by atoms with Gasteiger partial charge in [-0.2, -0.15) is 0 Å². The lowest BCUT2D eigenvalue weighted by Gasteiger charge is -2.30. The SMILES string of the molecule is CN(C(=O)CN1C(=O)NC(C)(c2ccc([N+](=O)[O-])cc2)C1=O)C(c1ccccc1)c1ccccc1. The lowest BCUT2D eigenvalue weighted by atomic mass is 9.92. The standard InChI is InChI=1S/C26H24N4O5/c1-26(20-13-15-21(16-14-20)30(34)35)24(32)29(25(33)27-26)17-22(31)28(2)23(18-9-5-3-6-10-18)19-11-7-4-8-12-19/h3-16,23H,17H2,1-2H3,(H,27,33). The highest BCUT2D eigenvalue weighted by molar-refractivity contribution is 6.09. The molecule has 1 saturated heterocycles. The molecule has 1 heterocycles. The molecule has 0 bridgehead atoms. The van der Waals surface area contributed by atoms with Crippen LogP contribution in [0.3, 0.4) is 0 Å². The van der Waals surface area contributed by atoms with Crippen molar-refractivity contribution >= 4 is 23.5 Å². The van der Waals surface area contributed by atoms with Gasteiger partial charge in [0, 0.05) is 19.2 Å². The zero-order valence-electron chi connectivity index (χ0n) is 19.3. The number of carbonyl (C=O) groups is 3. The van der Waals surface area contributed by atoms with E-state index in [0.29, 0.717) is 5.56 Å². The number of nitro benzene ring substituents is 1. The molecule has 0 radical (unpaired) electrons. The third-order valence-electron chi connectivity index (χ3n) is 6.24. The van der Waals surface area contributed by atoms with Crippen LogP contribution >= 0.6 is 0 Å². The number of imide groups is 1. The lowest BCUT2D eigenvalue weighted by Crippen LogP contribution is -2.44. The predicted molar refractivity (Wildman–Crippen MR) is 128 cm³/mol. The fourth-order valence-corrected chi connectivity index (χ4v) is 4.25. The van der Waals surface area contributed by atoms with Crippen LogP contribution in [-0.4, -0.2) is 46.2 Å². The summed E-state index contributed by atoms with van der Waals surface area (Å²) in [4.78, 5) is 52.1. The number of hydrogen-bond donors (Lipinski definition) is 1. The van der Waals surface area contributed by atoms with Crippen LogP contribution in [0, 0.1) is 10.1 Å². The van der Waals surface area contributed by atoms with Crippen molar-refractivity contribution in [3.05, 3.63) is 112 Å². The molecule has 4 rings (SSSR count). The van der Waals surface area contributed by atoms with Crippen molar-refractivity contribution in [2.45, 2.75) is 18.5 Å². The summed E-state index contributed by atoms with van der Waals surface area (Å²) in [7, 11) is 1.64. The summed E-state index contributed by atoms with van der Waals surface area (Å²) < 4.78 is 0. The van der Waals surface area contributed by atoms with Gasteiger partial charge in [-0.05, 0) is 35.7 Å². The average molecular weight is 473 g/mol. The summed E-state index contributed by atoms with van der Waals surface area (Å²) in [5.41, 5.74) is 0.598. The number of nitrogens with zero attached hydrogens (tertiary/aromatic N) is 3. The Hall–Kier alpha value is -4.53. The van der Waals surface area contributed by atoms with Crippen LogP contribution in [0.4, 0.5) is 10.5 Å². The van der Waals surface area contributed by atoms with E-state index < -0.39 is 40.9 Å². The molecular weight excluding hydrogens is 448 g/mol. The number of hydrogen-bond acceptors (Lipinski definition) is 5. The summed E-state index contributed by atoms with van der Waals surface area (Å²) in [6, 6.07) is 23.3. The van der Waals surface area contributed by atoms with E-state index in [9.17, 15) is 24.5 Å². The topological polar surface area (TPSA) is 113 Å². The third kappa shape index (κ3) is 4.48. The Labute approximate surface area is 202 Å². The zero-order valence-corrected chi connectivity index (χ0v) is 19.3. The molecule has 1 fully saturated rings. The van der Waals surface area contributed by atoms with Crippen LogP contribution in [0.1, 0.15) is 29.7 Å². The molecule has 1 atom stereocenters. The van der Waals surface area contributed by atoms with E-state index in [1.54, 1.807) is 7.05 Å². The number of amides is 4. The van der Waals surface area contributed by atoms with Gasteiger partial charge in [0.05, 0.1) is 11.0 Å². The van der Waals surface area contributed by atoms with Crippen molar-refractivity contribution in [3.63, 3.8) is 0 Å². The van der Waals surface area contributed by atoms with Crippen LogP contribution in [0.2, 0.25) is 0 Å². The first-order chi connectivity index (χ1) is 16.7. The number of urea groups is 1. The summed E-state index contributed by atoms with van der Waals surface area (Å²) in [6.07, 6.45) is 0. The van der Waals surface area contributed by atoms with E-state index in [4.69, 9.17) is 0 Å². The van der Waals surface area contributed by atoms with Crippen molar-refractivity contribution in [2.75, 3.05) is 13.6 Å². The Morgan fingerprint density at radius 1 is 0.971 bits per heavy atom. The largest absolute Gasteiger partial charge is 0.333 e. The van der Waals surface area contributed by atoms with E-state index >= 15 is 0 Å². The van der Waals surface area contributed by atoms with Gasteiger partial charge in [0.2, 0.25) is 5.91 Å². The van der Waals surface area contributed by atoms with E-state index in [0.717, 1.165) is 16.0 Å². The number of nitrogens with one attached hydrogen (secondary N) is 1. The number of rotatable bonds is 7. The van der Waals surface area contributed by atoms with Crippen molar-refractivity contribution < 1.29 is 19.3 Å². The minimum atomic E-state index is -1.44.